The molecule has 0 unspecified atom stereocenters. The molecule has 1 heterocycles. The molecule has 0 bridgehead atoms. The van der Waals surface area contributed by atoms with Crippen molar-refractivity contribution in [3.05, 3.63) is 71.4 Å². The first-order valence-corrected chi connectivity index (χ1v) is 11.9. The Morgan fingerprint density at radius 2 is 1.79 bits per heavy atom. The lowest BCUT2D eigenvalue weighted by molar-refractivity contribution is -0.141. The molecule has 0 aliphatic heterocycles. The van der Waals surface area contributed by atoms with Gasteiger partial charge in [0, 0.05) is 29.6 Å². The summed E-state index contributed by atoms with van der Waals surface area (Å²) in [7, 11) is 1.17. The summed E-state index contributed by atoms with van der Waals surface area (Å²) in [6, 6.07) is 12.2. The van der Waals surface area contributed by atoms with E-state index in [2.05, 4.69) is 20.0 Å². The first kappa shape index (κ1) is 28.9. The predicted molar refractivity (Wildman–Crippen MR) is 135 cm³/mol. The lowest BCUT2D eigenvalue weighted by Gasteiger charge is -2.22. The fourth-order valence-corrected chi connectivity index (χ4v) is 3.73. The monoisotopic (exact) mass is 568 g/mol. The molecular formula is C25H21Cl2F3N4O4. The van der Waals surface area contributed by atoms with Gasteiger partial charge in [-0.1, -0.05) is 35.3 Å². The van der Waals surface area contributed by atoms with E-state index in [1.165, 1.54) is 13.3 Å². The van der Waals surface area contributed by atoms with Crippen LogP contribution in [0.1, 0.15) is 24.8 Å². The van der Waals surface area contributed by atoms with Gasteiger partial charge in [0.15, 0.2) is 0 Å². The van der Waals surface area contributed by atoms with Gasteiger partial charge in [-0.05, 0) is 42.5 Å². The Morgan fingerprint density at radius 3 is 2.42 bits per heavy atom. The third kappa shape index (κ3) is 7.90. The topological polar surface area (TPSA) is 101 Å². The van der Waals surface area contributed by atoms with Crippen LogP contribution < -0.4 is 10.2 Å². The molecule has 3 aromatic rings. The van der Waals surface area contributed by atoms with Crippen LogP contribution in [0.2, 0.25) is 5.02 Å². The third-order valence-electron chi connectivity index (χ3n) is 5.12. The van der Waals surface area contributed by atoms with Gasteiger partial charge in [-0.3, -0.25) is 14.4 Å². The molecule has 13 heteroatoms. The number of carbonyl (C=O) groups excluding carboxylic acids is 3. The number of hydrogen-bond donors (Lipinski definition) is 1. The second-order valence-electron chi connectivity index (χ2n) is 7.84. The summed E-state index contributed by atoms with van der Waals surface area (Å²) in [6.07, 6.45) is -4.15. The number of aromatic nitrogens is 2. The maximum absolute atomic E-state index is 13.3. The zero-order valence-corrected chi connectivity index (χ0v) is 21.3. The second kappa shape index (κ2) is 12.7. The number of hydrogen-bond acceptors (Lipinski definition) is 6. The molecule has 38 heavy (non-hydrogen) atoms. The molecular weight excluding hydrogens is 548 g/mol. The van der Waals surface area contributed by atoms with Crippen molar-refractivity contribution in [2.24, 2.45) is 0 Å². The van der Waals surface area contributed by atoms with E-state index in [-0.39, 0.29) is 30.9 Å². The molecule has 200 valence electrons. The van der Waals surface area contributed by atoms with Crippen LogP contribution in [0.25, 0.3) is 11.3 Å². The first-order valence-electron chi connectivity index (χ1n) is 11.1. The van der Waals surface area contributed by atoms with Crippen molar-refractivity contribution in [1.82, 2.24) is 15.3 Å². The van der Waals surface area contributed by atoms with E-state index >= 15 is 0 Å². The number of benzene rings is 2. The number of amides is 2. The van der Waals surface area contributed by atoms with Crippen molar-refractivity contribution >= 4 is 52.6 Å². The Labute approximate surface area is 225 Å². The van der Waals surface area contributed by atoms with Crippen LogP contribution in [0, 0.1) is 0 Å². The highest BCUT2D eigenvalue weighted by atomic mass is 35.5. The van der Waals surface area contributed by atoms with E-state index in [1.807, 2.05) is 0 Å². The molecule has 2 amide bonds. The van der Waals surface area contributed by atoms with Gasteiger partial charge in [-0.2, -0.15) is 13.2 Å². The van der Waals surface area contributed by atoms with Gasteiger partial charge in [-0.15, -0.1) is 0 Å². The highest BCUT2D eigenvalue weighted by Gasteiger charge is 2.31. The molecule has 0 fully saturated rings. The minimum absolute atomic E-state index is 0.0626. The third-order valence-corrected chi connectivity index (χ3v) is 5.62. The van der Waals surface area contributed by atoms with Crippen LogP contribution in [0.4, 0.5) is 24.8 Å². The predicted octanol–water partition coefficient (Wildman–Crippen LogP) is 5.50. The van der Waals surface area contributed by atoms with Crippen LogP contribution in [0.15, 0.2) is 60.8 Å². The number of methoxy groups -OCH3 is 1. The molecule has 0 spiro atoms. The molecule has 1 atom stereocenters. The Balaban J connectivity index is 1.87. The highest BCUT2D eigenvalue weighted by molar-refractivity contribution is 6.30. The zero-order valence-electron chi connectivity index (χ0n) is 19.8. The molecule has 1 N–H and O–H groups in total. The summed E-state index contributed by atoms with van der Waals surface area (Å²) < 4.78 is 43.8. The van der Waals surface area contributed by atoms with Crippen LogP contribution in [0.5, 0.6) is 0 Å². The molecule has 0 radical (unpaired) electrons. The van der Waals surface area contributed by atoms with Gasteiger partial charge < -0.3 is 10.1 Å². The molecule has 0 saturated carbocycles. The number of ether oxygens (including phenoxy) is 1. The Hall–Kier alpha value is -3.70. The average molecular weight is 569 g/mol. The van der Waals surface area contributed by atoms with Crippen LogP contribution in [0.3, 0.4) is 0 Å². The number of rotatable bonds is 9. The number of halogens is 5. The van der Waals surface area contributed by atoms with E-state index < -0.39 is 35.0 Å². The smallest absolute Gasteiger partial charge is 0.416 e. The van der Waals surface area contributed by atoms with E-state index in [0.29, 0.717) is 16.3 Å². The van der Waals surface area contributed by atoms with Gasteiger partial charge in [0.25, 0.3) is 0 Å². The van der Waals surface area contributed by atoms with Crippen molar-refractivity contribution in [3.63, 3.8) is 0 Å². The number of esters is 1. The number of nitrogens with one attached hydrogen (secondary N) is 1. The summed E-state index contributed by atoms with van der Waals surface area (Å²) in [6.45, 7) is 0. The molecule has 8 nitrogen and oxygen atoms in total. The second-order valence-corrected chi connectivity index (χ2v) is 8.80. The van der Waals surface area contributed by atoms with Gasteiger partial charge in [-0.25, -0.2) is 14.9 Å². The lowest BCUT2D eigenvalue weighted by Crippen LogP contribution is -2.34. The molecule has 0 aliphatic carbocycles. The van der Waals surface area contributed by atoms with Gasteiger partial charge in [0.2, 0.25) is 17.8 Å². The largest absolute Gasteiger partial charge is 0.469 e. The maximum atomic E-state index is 13.3. The quantitative estimate of drug-likeness (QED) is 0.207. The van der Waals surface area contributed by atoms with Crippen molar-refractivity contribution in [2.75, 3.05) is 12.0 Å². The SMILES string of the molecule is COC(=O)C[C@@H](Cl)NC(=O)CCC(=O)N(c1ccc(C(F)(F)F)cc1)c1nccc(-c2cccc(Cl)c2)n1. The highest BCUT2D eigenvalue weighted by Crippen LogP contribution is 2.32. The maximum Gasteiger partial charge on any atom is 0.416 e. The summed E-state index contributed by atoms with van der Waals surface area (Å²) in [5.74, 6) is -2.04. The van der Waals surface area contributed by atoms with Crippen molar-refractivity contribution < 1.29 is 32.3 Å². The summed E-state index contributed by atoms with van der Waals surface area (Å²) in [4.78, 5) is 46.4. The fourth-order valence-electron chi connectivity index (χ4n) is 3.30. The van der Waals surface area contributed by atoms with E-state index in [4.69, 9.17) is 23.2 Å². The number of carbonyl (C=O) groups is 3. The average Bonchev–Trinajstić information content (AvgIpc) is 2.87. The summed E-state index contributed by atoms with van der Waals surface area (Å²) in [5.41, 5.74) is -0.853. The molecule has 1 aromatic heterocycles. The van der Waals surface area contributed by atoms with Crippen LogP contribution in [-0.4, -0.2) is 40.4 Å². The van der Waals surface area contributed by atoms with Crippen LogP contribution >= 0.6 is 23.2 Å². The van der Waals surface area contributed by atoms with Gasteiger partial charge >= 0.3 is 12.1 Å². The first-order chi connectivity index (χ1) is 18.0. The number of alkyl halides is 4. The molecule has 2 aromatic carbocycles. The van der Waals surface area contributed by atoms with Crippen molar-refractivity contribution in [3.8, 4) is 11.3 Å². The van der Waals surface area contributed by atoms with E-state index in [0.717, 1.165) is 29.2 Å². The molecule has 3 rings (SSSR count). The van der Waals surface area contributed by atoms with E-state index in [1.54, 1.807) is 30.3 Å². The van der Waals surface area contributed by atoms with Gasteiger partial charge in [0.05, 0.1) is 30.5 Å². The Kier molecular flexibility index (Phi) is 9.65. The minimum Gasteiger partial charge on any atom is -0.469 e. The number of nitrogens with zero attached hydrogens (tertiary/aromatic N) is 3. The summed E-state index contributed by atoms with van der Waals surface area (Å²) in [5, 5.41) is 2.82. The fraction of sp³-hybridized carbons (Fsp3) is 0.240. The standard InChI is InChI=1S/C25H21Cl2F3N4O4/c1-38-23(37)14-20(27)33-21(35)9-10-22(36)34(18-7-5-16(6-8-18)25(28,29)30)24-31-12-11-19(32-24)15-3-2-4-17(26)13-15/h2-8,11-13,20H,9-10,14H2,1H3,(H,33,35)/t20-/m0/s1. The Bertz CT molecular complexity index is 1310. The van der Waals surface area contributed by atoms with Gasteiger partial charge in [0.1, 0.15) is 5.50 Å². The van der Waals surface area contributed by atoms with Crippen molar-refractivity contribution in [2.45, 2.75) is 30.9 Å². The van der Waals surface area contributed by atoms with Crippen LogP contribution in [-0.2, 0) is 25.3 Å². The molecule has 0 saturated heterocycles. The minimum atomic E-state index is -4.57. The van der Waals surface area contributed by atoms with E-state index in [9.17, 15) is 27.6 Å². The Morgan fingerprint density at radius 1 is 1.08 bits per heavy atom. The van der Waals surface area contributed by atoms with Crippen molar-refractivity contribution in [1.29, 1.82) is 0 Å². The zero-order chi connectivity index (χ0) is 27.9. The number of anilines is 2. The normalized spacial score (nSPS) is 11.9. The molecule has 0 aliphatic rings. The lowest BCUT2D eigenvalue weighted by atomic mass is 10.1. The summed E-state index contributed by atoms with van der Waals surface area (Å²) >= 11 is 12.0.